The van der Waals surface area contributed by atoms with Crippen LogP contribution in [0.1, 0.15) is 26.7 Å². The fraction of sp³-hybridized carbons (Fsp3) is 0.556. The third kappa shape index (κ3) is 5.20. The van der Waals surface area contributed by atoms with E-state index in [0.29, 0.717) is 11.7 Å². The Kier molecular flexibility index (Phi) is 6.68. The highest BCUT2D eigenvalue weighted by Crippen LogP contribution is 2.28. The van der Waals surface area contributed by atoms with Crippen LogP contribution < -0.4 is 10.1 Å². The smallest absolute Gasteiger partial charge is 0.238 e. The van der Waals surface area contributed by atoms with Crippen molar-refractivity contribution in [2.45, 2.75) is 49.7 Å². The monoisotopic (exact) mass is 391 g/mol. The van der Waals surface area contributed by atoms with Crippen molar-refractivity contribution in [3.8, 4) is 5.75 Å². The predicted molar refractivity (Wildman–Crippen MR) is 103 cm³/mol. The first-order valence-corrected chi connectivity index (χ1v) is 9.94. The first kappa shape index (κ1) is 19.6. The Balaban J connectivity index is 1.66. The first-order valence-electron chi connectivity index (χ1n) is 9.06. The van der Waals surface area contributed by atoms with Gasteiger partial charge in [-0.1, -0.05) is 25.6 Å². The van der Waals surface area contributed by atoms with E-state index in [1.54, 1.807) is 11.8 Å². The summed E-state index contributed by atoms with van der Waals surface area (Å²) in [4.78, 5) is 12.8. The number of tetrazole rings is 1. The quantitative estimate of drug-likeness (QED) is 0.692. The number of hydrogen-bond acceptors (Lipinski definition) is 7. The fourth-order valence-corrected chi connectivity index (χ4v) is 3.85. The lowest BCUT2D eigenvalue weighted by Gasteiger charge is -2.19. The standard InChI is InChI=1S/C18H25N5O3S/c1-12(2)16(17(24)19-13-6-8-14(25-3)9-7-13)27-18-20-21-22-23(18)11-15-5-4-10-26-15/h6-9,12,15-16H,4-5,10-11H2,1-3H3,(H,19,24). The van der Waals surface area contributed by atoms with E-state index in [2.05, 4.69) is 20.8 Å². The van der Waals surface area contributed by atoms with Crippen LogP contribution in [0.4, 0.5) is 5.69 Å². The maximum absolute atomic E-state index is 12.8. The molecule has 8 nitrogen and oxygen atoms in total. The van der Waals surface area contributed by atoms with Crippen LogP contribution in [0, 0.1) is 5.92 Å². The minimum absolute atomic E-state index is 0.0770. The van der Waals surface area contributed by atoms with E-state index in [1.165, 1.54) is 11.8 Å². The number of aromatic nitrogens is 4. The molecule has 1 amide bonds. The minimum atomic E-state index is -0.318. The number of nitrogens with one attached hydrogen (secondary N) is 1. The van der Waals surface area contributed by atoms with Gasteiger partial charge in [0.15, 0.2) is 0 Å². The zero-order valence-corrected chi connectivity index (χ0v) is 16.6. The van der Waals surface area contributed by atoms with E-state index < -0.39 is 0 Å². The molecule has 0 aliphatic carbocycles. The summed E-state index contributed by atoms with van der Waals surface area (Å²) in [5.41, 5.74) is 0.728. The topological polar surface area (TPSA) is 91.2 Å². The van der Waals surface area contributed by atoms with Crippen molar-refractivity contribution < 1.29 is 14.3 Å². The first-order chi connectivity index (χ1) is 13.1. The van der Waals surface area contributed by atoms with Gasteiger partial charge in [-0.25, -0.2) is 4.68 Å². The average molecular weight is 391 g/mol. The predicted octanol–water partition coefficient (Wildman–Crippen LogP) is 2.62. The molecule has 146 valence electrons. The molecule has 2 heterocycles. The van der Waals surface area contributed by atoms with Crippen LogP contribution >= 0.6 is 11.8 Å². The number of methoxy groups -OCH3 is 1. The van der Waals surface area contributed by atoms with Crippen LogP contribution in [-0.2, 0) is 16.1 Å². The zero-order valence-electron chi connectivity index (χ0n) is 15.8. The van der Waals surface area contributed by atoms with Crippen LogP contribution in [0.5, 0.6) is 5.75 Å². The highest BCUT2D eigenvalue weighted by Gasteiger charge is 2.27. The minimum Gasteiger partial charge on any atom is -0.497 e. The maximum atomic E-state index is 12.8. The van der Waals surface area contributed by atoms with Gasteiger partial charge in [0, 0.05) is 12.3 Å². The average Bonchev–Trinajstić information content (AvgIpc) is 3.32. The lowest BCUT2D eigenvalue weighted by molar-refractivity contribution is -0.116. The van der Waals surface area contributed by atoms with E-state index >= 15 is 0 Å². The SMILES string of the molecule is COc1ccc(NC(=O)C(Sc2nnnn2CC2CCCO2)C(C)C)cc1. The molecule has 3 rings (SSSR count). The van der Waals surface area contributed by atoms with Crippen molar-refractivity contribution in [2.24, 2.45) is 5.92 Å². The summed E-state index contributed by atoms with van der Waals surface area (Å²) in [7, 11) is 1.61. The van der Waals surface area contributed by atoms with E-state index in [9.17, 15) is 4.79 Å². The van der Waals surface area contributed by atoms with E-state index in [4.69, 9.17) is 9.47 Å². The third-order valence-corrected chi connectivity index (χ3v) is 5.87. The Bertz CT molecular complexity index is 744. The molecule has 0 spiro atoms. The Morgan fingerprint density at radius 1 is 1.41 bits per heavy atom. The summed E-state index contributed by atoms with van der Waals surface area (Å²) in [6.07, 6.45) is 2.21. The molecular weight excluding hydrogens is 366 g/mol. The van der Waals surface area contributed by atoms with Gasteiger partial charge >= 0.3 is 0 Å². The van der Waals surface area contributed by atoms with Crippen LogP contribution in [0.15, 0.2) is 29.4 Å². The lowest BCUT2D eigenvalue weighted by atomic mass is 10.1. The second-order valence-corrected chi connectivity index (χ2v) is 7.89. The fourth-order valence-electron chi connectivity index (χ4n) is 2.87. The molecule has 1 fully saturated rings. The van der Waals surface area contributed by atoms with E-state index in [0.717, 1.165) is 30.9 Å². The van der Waals surface area contributed by atoms with Crippen LogP contribution in [-0.4, -0.2) is 51.2 Å². The number of nitrogens with zero attached hydrogens (tertiary/aromatic N) is 4. The van der Waals surface area contributed by atoms with Gasteiger partial charge in [-0.2, -0.15) is 0 Å². The molecule has 27 heavy (non-hydrogen) atoms. The zero-order chi connectivity index (χ0) is 19.2. The molecule has 0 radical (unpaired) electrons. The molecule has 1 aliphatic heterocycles. The maximum Gasteiger partial charge on any atom is 0.238 e. The summed E-state index contributed by atoms with van der Waals surface area (Å²) in [6.45, 7) is 5.42. The lowest BCUT2D eigenvalue weighted by Crippen LogP contribution is -2.30. The molecule has 0 saturated carbocycles. The third-order valence-electron chi connectivity index (χ3n) is 4.35. The molecule has 2 atom stereocenters. The van der Waals surface area contributed by atoms with Crippen LogP contribution in [0.2, 0.25) is 0 Å². The number of thioether (sulfide) groups is 1. The largest absolute Gasteiger partial charge is 0.497 e. The summed E-state index contributed by atoms with van der Waals surface area (Å²) in [5.74, 6) is 0.782. The highest BCUT2D eigenvalue weighted by atomic mass is 32.2. The Hall–Kier alpha value is -2.13. The number of anilines is 1. The van der Waals surface area contributed by atoms with E-state index in [1.807, 2.05) is 38.1 Å². The molecule has 1 aromatic heterocycles. The number of amides is 1. The summed E-state index contributed by atoms with van der Waals surface area (Å²) in [6, 6.07) is 7.27. The van der Waals surface area contributed by atoms with Crippen molar-refractivity contribution in [1.82, 2.24) is 20.2 Å². The summed E-state index contributed by atoms with van der Waals surface area (Å²) < 4.78 is 12.5. The van der Waals surface area contributed by atoms with Crippen LogP contribution in [0.25, 0.3) is 0 Å². The van der Waals surface area contributed by atoms with Gasteiger partial charge in [0.25, 0.3) is 0 Å². The molecule has 2 unspecified atom stereocenters. The Labute approximate surface area is 163 Å². The number of hydrogen-bond donors (Lipinski definition) is 1. The Morgan fingerprint density at radius 2 is 2.19 bits per heavy atom. The van der Waals surface area contributed by atoms with Gasteiger partial charge < -0.3 is 14.8 Å². The molecule has 0 bridgehead atoms. The molecule has 9 heteroatoms. The Morgan fingerprint density at radius 3 is 2.81 bits per heavy atom. The second kappa shape index (κ2) is 9.18. The van der Waals surface area contributed by atoms with Crippen molar-refractivity contribution in [2.75, 3.05) is 19.0 Å². The number of ether oxygens (including phenoxy) is 2. The number of rotatable bonds is 8. The molecule has 1 saturated heterocycles. The summed E-state index contributed by atoms with van der Waals surface area (Å²) >= 11 is 1.38. The molecular formula is C18H25N5O3S. The van der Waals surface area contributed by atoms with Crippen molar-refractivity contribution >= 4 is 23.4 Å². The van der Waals surface area contributed by atoms with Crippen LogP contribution in [0.3, 0.4) is 0 Å². The number of benzene rings is 1. The van der Waals surface area contributed by atoms with Gasteiger partial charge in [0.05, 0.1) is 25.0 Å². The van der Waals surface area contributed by atoms with Crippen molar-refractivity contribution in [3.05, 3.63) is 24.3 Å². The summed E-state index contributed by atoms with van der Waals surface area (Å²) in [5, 5.41) is 15.2. The number of carbonyl (C=O) groups is 1. The van der Waals surface area contributed by atoms with Gasteiger partial charge in [-0.15, -0.1) is 5.10 Å². The van der Waals surface area contributed by atoms with Gasteiger partial charge in [0.2, 0.25) is 11.1 Å². The van der Waals surface area contributed by atoms with Gasteiger partial charge in [0.1, 0.15) is 5.75 Å². The molecule has 1 aromatic carbocycles. The highest BCUT2D eigenvalue weighted by molar-refractivity contribution is 8.00. The van der Waals surface area contributed by atoms with Gasteiger partial charge in [-0.3, -0.25) is 4.79 Å². The second-order valence-electron chi connectivity index (χ2n) is 6.78. The molecule has 1 aliphatic rings. The van der Waals surface area contributed by atoms with Crippen molar-refractivity contribution in [1.29, 1.82) is 0 Å². The van der Waals surface area contributed by atoms with E-state index in [-0.39, 0.29) is 23.2 Å². The molecule has 2 aromatic rings. The normalized spacial score (nSPS) is 17.9. The van der Waals surface area contributed by atoms with Gasteiger partial charge in [-0.05, 0) is 53.5 Å². The number of carbonyl (C=O) groups excluding carboxylic acids is 1. The van der Waals surface area contributed by atoms with Crippen molar-refractivity contribution in [3.63, 3.8) is 0 Å². The molecule has 1 N–H and O–H groups in total.